The van der Waals surface area contributed by atoms with Gasteiger partial charge < -0.3 is 14.5 Å². The molecule has 0 unspecified atom stereocenters. The highest BCUT2D eigenvalue weighted by molar-refractivity contribution is 5.34. The predicted molar refractivity (Wildman–Crippen MR) is 83.2 cm³/mol. The molecule has 0 atom stereocenters. The van der Waals surface area contributed by atoms with Crippen LogP contribution in [0.2, 0.25) is 0 Å². The van der Waals surface area contributed by atoms with Gasteiger partial charge in [-0.25, -0.2) is 0 Å². The summed E-state index contributed by atoms with van der Waals surface area (Å²) in [6.07, 6.45) is 7.10. The highest BCUT2D eigenvalue weighted by Crippen LogP contribution is 2.22. The van der Waals surface area contributed by atoms with E-state index in [0.29, 0.717) is 12.6 Å². The summed E-state index contributed by atoms with van der Waals surface area (Å²) in [6, 6.07) is 10.8. The van der Waals surface area contributed by atoms with Crippen LogP contribution in [0.4, 0.5) is 0 Å². The molecule has 0 radical (unpaired) electrons. The first-order valence-electron chi connectivity index (χ1n) is 7.46. The van der Waals surface area contributed by atoms with Crippen molar-refractivity contribution in [1.82, 2.24) is 5.32 Å². The quantitative estimate of drug-likeness (QED) is 0.747. The lowest BCUT2D eigenvalue weighted by Gasteiger charge is -2.08. The zero-order valence-corrected chi connectivity index (χ0v) is 12.2. The van der Waals surface area contributed by atoms with Crippen molar-refractivity contribution in [3.05, 3.63) is 66.1 Å². The summed E-state index contributed by atoms with van der Waals surface area (Å²) in [4.78, 5) is 0. The zero-order chi connectivity index (χ0) is 14.5. The van der Waals surface area contributed by atoms with Crippen molar-refractivity contribution in [1.29, 1.82) is 0 Å². The summed E-state index contributed by atoms with van der Waals surface area (Å²) in [5, 5.41) is 3.47. The average Bonchev–Trinajstić information content (AvgIpc) is 3.23. The smallest absolute Gasteiger partial charge is 0.146 e. The molecule has 1 aliphatic carbocycles. The van der Waals surface area contributed by atoms with Gasteiger partial charge in [-0.1, -0.05) is 24.3 Å². The number of nitrogens with one attached hydrogen (secondary N) is 1. The normalized spacial score (nSPS) is 14.1. The van der Waals surface area contributed by atoms with Crippen LogP contribution in [-0.2, 0) is 19.6 Å². The van der Waals surface area contributed by atoms with Crippen LogP contribution in [0.3, 0.4) is 0 Å². The number of ether oxygens (including phenoxy) is 1. The van der Waals surface area contributed by atoms with E-state index in [4.69, 9.17) is 9.15 Å². The number of benzene rings is 1. The summed E-state index contributed by atoms with van der Waals surface area (Å²) in [6.45, 7) is 5.11. The van der Waals surface area contributed by atoms with Gasteiger partial charge in [-0.05, 0) is 37.0 Å². The predicted octanol–water partition coefficient (Wildman–Crippen LogP) is 3.84. The molecule has 3 heteroatoms. The van der Waals surface area contributed by atoms with Gasteiger partial charge >= 0.3 is 0 Å². The molecular weight excluding hydrogens is 262 g/mol. The molecule has 1 fully saturated rings. The molecule has 1 aromatic carbocycles. The van der Waals surface area contributed by atoms with Gasteiger partial charge in [0.05, 0.1) is 6.26 Å². The lowest BCUT2D eigenvalue weighted by atomic mass is 10.1. The maximum atomic E-state index is 5.87. The summed E-state index contributed by atoms with van der Waals surface area (Å²) in [7, 11) is 0. The molecule has 1 aromatic heterocycles. The number of furan rings is 1. The molecule has 0 spiro atoms. The summed E-state index contributed by atoms with van der Waals surface area (Å²) in [5.41, 5.74) is 2.33. The summed E-state index contributed by atoms with van der Waals surface area (Å²) in [5.74, 6) is 1.75. The molecule has 0 bridgehead atoms. The van der Waals surface area contributed by atoms with E-state index in [9.17, 15) is 0 Å². The molecule has 1 saturated carbocycles. The van der Waals surface area contributed by atoms with Gasteiger partial charge in [0.15, 0.2) is 0 Å². The first-order chi connectivity index (χ1) is 10.3. The third kappa shape index (κ3) is 3.99. The minimum absolute atomic E-state index is 0.456. The lowest BCUT2D eigenvalue weighted by Crippen LogP contribution is -2.14. The number of allylic oxidation sites excluding steroid dienone is 1. The average molecular weight is 283 g/mol. The number of hydrogen-bond donors (Lipinski definition) is 1. The molecule has 0 aliphatic heterocycles. The Morgan fingerprint density at radius 3 is 3.00 bits per heavy atom. The number of rotatable bonds is 8. The number of para-hydroxylation sites is 1. The van der Waals surface area contributed by atoms with Gasteiger partial charge in [-0.2, -0.15) is 0 Å². The van der Waals surface area contributed by atoms with Crippen molar-refractivity contribution in [2.24, 2.45) is 0 Å². The fourth-order valence-electron chi connectivity index (χ4n) is 2.26. The molecule has 2 aromatic rings. The lowest BCUT2D eigenvalue weighted by molar-refractivity contribution is 0.268. The molecule has 0 amide bonds. The second-order valence-electron chi connectivity index (χ2n) is 5.47. The Balaban J connectivity index is 1.55. The van der Waals surface area contributed by atoms with Gasteiger partial charge in [-0.15, -0.1) is 6.58 Å². The fraction of sp³-hybridized carbons (Fsp3) is 0.333. The Bertz CT molecular complexity index is 599. The van der Waals surface area contributed by atoms with E-state index < -0.39 is 0 Å². The van der Waals surface area contributed by atoms with Crippen molar-refractivity contribution in [3.63, 3.8) is 0 Å². The van der Waals surface area contributed by atoms with Crippen LogP contribution in [0, 0.1) is 0 Å². The maximum Gasteiger partial charge on any atom is 0.146 e. The third-order valence-electron chi connectivity index (χ3n) is 3.59. The van der Waals surface area contributed by atoms with Crippen molar-refractivity contribution < 1.29 is 9.15 Å². The Morgan fingerprint density at radius 2 is 2.19 bits per heavy atom. The van der Waals surface area contributed by atoms with Gasteiger partial charge in [0.1, 0.15) is 18.1 Å². The van der Waals surface area contributed by atoms with Gasteiger partial charge in [0, 0.05) is 18.2 Å². The van der Waals surface area contributed by atoms with Crippen molar-refractivity contribution in [2.75, 3.05) is 0 Å². The molecule has 1 aliphatic rings. The van der Waals surface area contributed by atoms with Crippen LogP contribution in [0.1, 0.15) is 29.7 Å². The van der Waals surface area contributed by atoms with Crippen molar-refractivity contribution in [2.45, 2.75) is 38.5 Å². The molecule has 3 rings (SSSR count). The maximum absolute atomic E-state index is 5.87. The largest absolute Gasteiger partial charge is 0.485 e. The second kappa shape index (κ2) is 6.64. The highest BCUT2D eigenvalue weighted by Gasteiger charge is 2.20. The molecular formula is C18H21NO2. The van der Waals surface area contributed by atoms with Gasteiger partial charge in [-0.3, -0.25) is 0 Å². The van der Waals surface area contributed by atoms with E-state index in [-0.39, 0.29) is 0 Å². The van der Waals surface area contributed by atoms with Crippen LogP contribution in [-0.4, -0.2) is 6.04 Å². The molecule has 0 saturated heterocycles. The molecule has 110 valence electrons. The molecule has 1 N–H and O–H groups in total. The van der Waals surface area contributed by atoms with Crippen LogP contribution in [0.15, 0.2) is 53.7 Å². The first-order valence-corrected chi connectivity index (χ1v) is 7.46. The van der Waals surface area contributed by atoms with Crippen LogP contribution in [0.25, 0.3) is 0 Å². The van der Waals surface area contributed by atoms with E-state index in [1.165, 1.54) is 18.4 Å². The third-order valence-corrected chi connectivity index (χ3v) is 3.59. The standard InChI is InChI=1S/C18H21NO2/c1-2-5-15-6-3-4-7-18(15)21-13-17-10-14(12-20-17)11-19-16-8-9-16/h2-4,6-7,10,12,16,19H,1,5,8-9,11,13H2. The van der Waals surface area contributed by atoms with Crippen LogP contribution >= 0.6 is 0 Å². The van der Waals surface area contributed by atoms with E-state index in [2.05, 4.69) is 24.0 Å². The van der Waals surface area contributed by atoms with Gasteiger partial charge in [0.25, 0.3) is 0 Å². The topological polar surface area (TPSA) is 34.4 Å². The Hall–Kier alpha value is -2.00. The minimum Gasteiger partial charge on any atom is -0.485 e. The molecule has 21 heavy (non-hydrogen) atoms. The minimum atomic E-state index is 0.456. The van der Waals surface area contributed by atoms with Gasteiger partial charge in [0.2, 0.25) is 0 Å². The second-order valence-corrected chi connectivity index (χ2v) is 5.47. The monoisotopic (exact) mass is 283 g/mol. The van der Waals surface area contributed by atoms with Crippen molar-refractivity contribution >= 4 is 0 Å². The SMILES string of the molecule is C=CCc1ccccc1OCc1cc(CNC2CC2)co1. The summed E-state index contributed by atoms with van der Waals surface area (Å²) < 4.78 is 11.4. The Labute approximate surface area is 125 Å². The molecule has 3 nitrogen and oxygen atoms in total. The van der Waals surface area contributed by atoms with E-state index >= 15 is 0 Å². The fourth-order valence-corrected chi connectivity index (χ4v) is 2.26. The Kier molecular flexibility index (Phi) is 4.41. The van der Waals surface area contributed by atoms with Crippen LogP contribution < -0.4 is 10.1 Å². The first kappa shape index (κ1) is 14.0. The van der Waals surface area contributed by atoms with Crippen molar-refractivity contribution in [3.8, 4) is 5.75 Å². The number of hydrogen-bond acceptors (Lipinski definition) is 3. The zero-order valence-electron chi connectivity index (χ0n) is 12.2. The highest BCUT2D eigenvalue weighted by atomic mass is 16.5. The van der Waals surface area contributed by atoms with E-state index in [0.717, 1.165) is 30.0 Å². The van der Waals surface area contributed by atoms with E-state index in [1.807, 2.05) is 30.5 Å². The van der Waals surface area contributed by atoms with Crippen LogP contribution in [0.5, 0.6) is 5.75 Å². The molecule has 1 heterocycles. The Morgan fingerprint density at radius 1 is 1.33 bits per heavy atom. The summed E-state index contributed by atoms with van der Waals surface area (Å²) >= 11 is 0. The van der Waals surface area contributed by atoms with E-state index in [1.54, 1.807) is 0 Å².